The van der Waals surface area contributed by atoms with Gasteiger partial charge in [0.25, 0.3) is 0 Å². The molecule has 4 heteroatoms. The first-order valence-electron chi connectivity index (χ1n) is 6.30. The number of halogens is 1. The van der Waals surface area contributed by atoms with Crippen molar-refractivity contribution in [2.24, 2.45) is 0 Å². The minimum Gasteiger partial charge on any atom is -0.391 e. The SMILES string of the molecule is OCC[NH+]1CC[NH+](Cc2ccc(Cl)cc2)CC1. The Bertz CT molecular complexity index is 334. The zero-order chi connectivity index (χ0) is 12.1. The molecule has 0 saturated carbocycles. The Balaban J connectivity index is 1.79. The van der Waals surface area contributed by atoms with Crippen LogP contribution in [-0.2, 0) is 6.54 Å². The van der Waals surface area contributed by atoms with Crippen LogP contribution in [0.15, 0.2) is 24.3 Å². The van der Waals surface area contributed by atoms with Crippen LogP contribution >= 0.6 is 11.6 Å². The fourth-order valence-corrected chi connectivity index (χ4v) is 2.56. The van der Waals surface area contributed by atoms with E-state index >= 15 is 0 Å². The maximum Gasteiger partial charge on any atom is 0.127 e. The van der Waals surface area contributed by atoms with Crippen molar-refractivity contribution in [1.29, 1.82) is 0 Å². The Morgan fingerprint density at radius 3 is 2.18 bits per heavy atom. The number of hydrogen-bond acceptors (Lipinski definition) is 1. The van der Waals surface area contributed by atoms with Crippen LogP contribution in [0.1, 0.15) is 5.56 Å². The van der Waals surface area contributed by atoms with E-state index < -0.39 is 0 Å². The standard InChI is InChI=1S/C13H19ClN2O/c14-13-3-1-12(2-4-13)11-16-7-5-15(6-8-16)9-10-17/h1-4,17H,5-11H2/p+2. The van der Waals surface area contributed by atoms with Gasteiger partial charge in [-0.25, -0.2) is 0 Å². The highest BCUT2D eigenvalue weighted by Crippen LogP contribution is 2.08. The number of quaternary nitrogens is 2. The van der Waals surface area contributed by atoms with Gasteiger partial charge in [0.15, 0.2) is 0 Å². The van der Waals surface area contributed by atoms with Crippen LogP contribution in [0.3, 0.4) is 0 Å². The second-order valence-electron chi connectivity index (χ2n) is 4.78. The van der Waals surface area contributed by atoms with Gasteiger partial charge in [0, 0.05) is 10.6 Å². The minimum absolute atomic E-state index is 0.307. The lowest BCUT2D eigenvalue weighted by atomic mass is 10.2. The third-order valence-corrected chi connectivity index (χ3v) is 3.75. The van der Waals surface area contributed by atoms with Gasteiger partial charge in [0.2, 0.25) is 0 Å². The Morgan fingerprint density at radius 2 is 1.59 bits per heavy atom. The van der Waals surface area contributed by atoms with Gasteiger partial charge in [-0.1, -0.05) is 23.7 Å². The van der Waals surface area contributed by atoms with Gasteiger partial charge in [0.1, 0.15) is 39.3 Å². The summed E-state index contributed by atoms with van der Waals surface area (Å²) in [5.74, 6) is 0. The minimum atomic E-state index is 0.307. The molecule has 2 rings (SSSR count). The van der Waals surface area contributed by atoms with Crippen molar-refractivity contribution in [2.45, 2.75) is 6.54 Å². The molecule has 1 heterocycles. The fourth-order valence-electron chi connectivity index (χ4n) is 2.43. The van der Waals surface area contributed by atoms with Gasteiger partial charge >= 0.3 is 0 Å². The van der Waals surface area contributed by atoms with Crippen LogP contribution in [0.2, 0.25) is 5.02 Å². The number of aliphatic hydroxyl groups is 1. The smallest absolute Gasteiger partial charge is 0.127 e. The monoisotopic (exact) mass is 256 g/mol. The van der Waals surface area contributed by atoms with Crippen LogP contribution < -0.4 is 9.80 Å². The van der Waals surface area contributed by atoms with Crippen molar-refractivity contribution >= 4 is 11.6 Å². The highest BCUT2D eigenvalue weighted by Gasteiger charge is 2.22. The maximum absolute atomic E-state index is 8.91. The molecule has 0 atom stereocenters. The molecule has 1 aromatic carbocycles. The molecule has 0 bridgehead atoms. The topological polar surface area (TPSA) is 29.1 Å². The Hall–Kier alpha value is -0.610. The summed E-state index contributed by atoms with van der Waals surface area (Å²) in [5, 5.41) is 9.71. The van der Waals surface area contributed by atoms with Gasteiger partial charge in [-0.2, -0.15) is 0 Å². The predicted molar refractivity (Wildman–Crippen MR) is 68.5 cm³/mol. The van der Waals surface area contributed by atoms with Crippen molar-refractivity contribution in [3.8, 4) is 0 Å². The third kappa shape index (κ3) is 3.96. The lowest BCUT2D eigenvalue weighted by Gasteiger charge is -2.29. The Morgan fingerprint density at radius 1 is 1.00 bits per heavy atom. The molecule has 94 valence electrons. The summed E-state index contributed by atoms with van der Waals surface area (Å²) >= 11 is 5.87. The second-order valence-corrected chi connectivity index (χ2v) is 5.21. The van der Waals surface area contributed by atoms with E-state index in [1.807, 2.05) is 12.1 Å². The first-order chi connectivity index (χ1) is 8.28. The van der Waals surface area contributed by atoms with E-state index in [4.69, 9.17) is 16.7 Å². The van der Waals surface area contributed by atoms with Crippen LogP contribution in [0.5, 0.6) is 0 Å². The average molecular weight is 257 g/mol. The quantitative estimate of drug-likeness (QED) is 0.609. The summed E-state index contributed by atoms with van der Waals surface area (Å²) in [6, 6.07) is 8.15. The van der Waals surface area contributed by atoms with E-state index in [0.29, 0.717) is 6.61 Å². The first kappa shape index (κ1) is 12.8. The lowest BCUT2D eigenvalue weighted by molar-refractivity contribution is -1.02. The molecule has 0 amide bonds. The second kappa shape index (κ2) is 6.36. The Labute approximate surface area is 108 Å². The lowest BCUT2D eigenvalue weighted by Crippen LogP contribution is -3.27. The molecule has 0 radical (unpaired) electrons. The largest absolute Gasteiger partial charge is 0.391 e. The highest BCUT2D eigenvalue weighted by atomic mass is 35.5. The van der Waals surface area contributed by atoms with Gasteiger partial charge in [-0.3, -0.25) is 0 Å². The zero-order valence-electron chi connectivity index (χ0n) is 10.1. The maximum atomic E-state index is 8.91. The van der Waals surface area contributed by atoms with E-state index in [-0.39, 0.29) is 0 Å². The summed E-state index contributed by atoms with van der Waals surface area (Å²) in [5.41, 5.74) is 1.36. The molecule has 1 aliphatic heterocycles. The van der Waals surface area contributed by atoms with Crippen molar-refractivity contribution in [3.05, 3.63) is 34.9 Å². The van der Waals surface area contributed by atoms with Crippen LogP contribution in [-0.4, -0.2) is 44.4 Å². The molecule has 3 nitrogen and oxygen atoms in total. The van der Waals surface area contributed by atoms with Crippen molar-refractivity contribution in [3.63, 3.8) is 0 Å². The third-order valence-electron chi connectivity index (χ3n) is 3.50. The van der Waals surface area contributed by atoms with E-state index in [9.17, 15) is 0 Å². The zero-order valence-corrected chi connectivity index (χ0v) is 10.8. The molecule has 1 fully saturated rings. The summed E-state index contributed by atoms with van der Waals surface area (Å²) in [7, 11) is 0. The van der Waals surface area contributed by atoms with Crippen molar-refractivity contribution in [2.75, 3.05) is 39.3 Å². The summed E-state index contributed by atoms with van der Waals surface area (Å²) < 4.78 is 0. The van der Waals surface area contributed by atoms with Gasteiger partial charge in [-0.15, -0.1) is 0 Å². The molecular weight excluding hydrogens is 236 g/mol. The molecular formula is C13H21ClN2O+2. The van der Waals surface area contributed by atoms with Crippen LogP contribution in [0, 0.1) is 0 Å². The van der Waals surface area contributed by atoms with Gasteiger partial charge in [-0.05, 0) is 12.1 Å². The molecule has 0 aromatic heterocycles. The van der Waals surface area contributed by atoms with E-state index in [1.165, 1.54) is 36.6 Å². The number of aliphatic hydroxyl groups excluding tert-OH is 1. The normalized spacial score (nSPS) is 24.8. The molecule has 3 N–H and O–H groups in total. The number of hydrogen-bond donors (Lipinski definition) is 3. The number of benzene rings is 1. The molecule has 1 aliphatic rings. The number of rotatable bonds is 4. The van der Waals surface area contributed by atoms with Crippen LogP contribution in [0.25, 0.3) is 0 Å². The average Bonchev–Trinajstić information content (AvgIpc) is 2.35. The van der Waals surface area contributed by atoms with Crippen LogP contribution in [0.4, 0.5) is 0 Å². The van der Waals surface area contributed by atoms with Crippen molar-refractivity contribution < 1.29 is 14.9 Å². The molecule has 1 aromatic rings. The highest BCUT2D eigenvalue weighted by molar-refractivity contribution is 6.30. The summed E-state index contributed by atoms with van der Waals surface area (Å²) in [6.07, 6.45) is 0. The van der Waals surface area contributed by atoms with E-state index in [1.54, 1.807) is 4.90 Å². The molecule has 0 unspecified atom stereocenters. The van der Waals surface area contributed by atoms with Gasteiger partial charge < -0.3 is 14.9 Å². The van der Waals surface area contributed by atoms with Crippen molar-refractivity contribution in [1.82, 2.24) is 0 Å². The summed E-state index contributed by atoms with van der Waals surface area (Å²) in [4.78, 5) is 3.17. The predicted octanol–water partition coefficient (Wildman–Crippen LogP) is -1.38. The Kier molecular flexibility index (Phi) is 4.80. The van der Waals surface area contributed by atoms with E-state index in [2.05, 4.69) is 12.1 Å². The fraction of sp³-hybridized carbons (Fsp3) is 0.538. The number of piperazine rings is 1. The molecule has 17 heavy (non-hydrogen) atoms. The summed E-state index contributed by atoms with van der Waals surface area (Å²) in [6.45, 7) is 7.02. The van der Waals surface area contributed by atoms with Gasteiger partial charge in [0.05, 0.1) is 6.61 Å². The first-order valence-corrected chi connectivity index (χ1v) is 6.68. The molecule has 0 spiro atoms. The number of nitrogens with one attached hydrogen (secondary N) is 2. The molecule has 0 aliphatic carbocycles. The molecule has 1 saturated heterocycles. The van der Waals surface area contributed by atoms with E-state index in [0.717, 1.165) is 18.1 Å².